The van der Waals surface area contributed by atoms with E-state index in [-0.39, 0.29) is 11.9 Å². The van der Waals surface area contributed by atoms with Crippen LogP contribution >= 0.6 is 11.6 Å². The van der Waals surface area contributed by atoms with Crippen molar-refractivity contribution in [3.63, 3.8) is 0 Å². The van der Waals surface area contributed by atoms with E-state index in [1.54, 1.807) is 10.9 Å². The Morgan fingerprint density at radius 3 is 2.48 bits per heavy atom. The molecule has 2 aromatic heterocycles. The van der Waals surface area contributed by atoms with Gasteiger partial charge in [0.15, 0.2) is 0 Å². The number of amides is 1. The highest BCUT2D eigenvalue weighted by Crippen LogP contribution is 2.20. The molecule has 1 aliphatic rings. The molecule has 2 aromatic rings. The van der Waals surface area contributed by atoms with Gasteiger partial charge in [-0.3, -0.25) is 19.1 Å². The van der Waals surface area contributed by atoms with Crippen LogP contribution in [0.3, 0.4) is 0 Å². The van der Waals surface area contributed by atoms with E-state index in [0.29, 0.717) is 5.02 Å². The van der Waals surface area contributed by atoms with Crippen LogP contribution in [-0.2, 0) is 18.4 Å². The van der Waals surface area contributed by atoms with Crippen LogP contribution in [0.1, 0.15) is 29.9 Å². The molecule has 1 saturated heterocycles. The molecule has 1 unspecified atom stereocenters. The van der Waals surface area contributed by atoms with E-state index in [1.165, 1.54) is 5.56 Å². The predicted octanol–water partition coefficient (Wildman–Crippen LogP) is 1.79. The predicted molar refractivity (Wildman–Crippen MR) is 96.5 cm³/mol. The number of hydrogen-bond acceptors (Lipinski definition) is 4. The van der Waals surface area contributed by atoms with E-state index < -0.39 is 0 Å². The van der Waals surface area contributed by atoms with Crippen LogP contribution in [0.2, 0.25) is 5.02 Å². The number of nitrogens with zero attached hydrogens (tertiary/aromatic N) is 6. The zero-order chi connectivity index (χ0) is 18.1. The Morgan fingerprint density at radius 2 is 1.96 bits per heavy atom. The maximum absolute atomic E-state index is 12.8. The first kappa shape index (κ1) is 17.9. The number of rotatable bonds is 4. The summed E-state index contributed by atoms with van der Waals surface area (Å²) in [7, 11) is 1.94. The Morgan fingerprint density at radius 1 is 1.28 bits per heavy atom. The topological polar surface area (TPSA) is 59.2 Å². The lowest BCUT2D eigenvalue weighted by molar-refractivity contribution is -0.136. The van der Waals surface area contributed by atoms with Crippen molar-refractivity contribution >= 4 is 17.5 Å². The van der Waals surface area contributed by atoms with E-state index in [0.717, 1.165) is 44.1 Å². The molecule has 0 saturated carbocycles. The Hall–Kier alpha value is -1.86. The third kappa shape index (κ3) is 3.72. The summed E-state index contributed by atoms with van der Waals surface area (Å²) in [6.07, 6.45) is 3.66. The van der Waals surface area contributed by atoms with Crippen molar-refractivity contribution in [2.24, 2.45) is 7.05 Å². The van der Waals surface area contributed by atoms with Crippen molar-refractivity contribution < 1.29 is 4.79 Å². The van der Waals surface area contributed by atoms with Gasteiger partial charge in [0.25, 0.3) is 0 Å². The molecular weight excluding hydrogens is 340 g/mol. The summed E-state index contributed by atoms with van der Waals surface area (Å²) in [5, 5.41) is 9.22. The van der Waals surface area contributed by atoms with Gasteiger partial charge in [0.2, 0.25) is 5.91 Å². The van der Waals surface area contributed by atoms with E-state index in [9.17, 15) is 4.79 Å². The monoisotopic (exact) mass is 364 g/mol. The summed E-state index contributed by atoms with van der Waals surface area (Å²) in [6.45, 7) is 9.88. The van der Waals surface area contributed by atoms with Crippen LogP contribution in [0.5, 0.6) is 0 Å². The summed E-state index contributed by atoms with van der Waals surface area (Å²) in [4.78, 5) is 17.1. The minimum absolute atomic E-state index is 0.0973. The van der Waals surface area contributed by atoms with Crippen molar-refractivity contribution in [1.82, 2.24) is 29.4 Å². The molecule has 0 bridgehead atoms. The van der Waals surface area contributed by atoms with E-state index in [1.807, 2.05) is 37.4 Å². The highest BCUT2D eigenvalue weighted by molar-refractivity contribution is 6.31. The number of piperazine rings is 1. The second kappa shape index (κ2) is 7.17. The van der Waals surface area contributed by atoms with Gasteiger partial charge in [-0.2, -0.15) is 10.2 Å². The van der Waals surface area contributed by atoms with E-state index in [2.05, 4.69) is 21.3 Å². The Kier molecular flexibility index (Phi) is 5.15. The second-order valence-corrected chi connectivity index (χ2v) is 7.12. The Bertz CT molecular complexity index is 759. The van der Waals surface area contributed by atoms with Gasteiger partial charge in [-0.1, -0.05) is 11.6 Å². The summed E-state index contributed by atoms with van der Waals surface area (Å²) < 4.78 is 3.56. The minimum atomic E-state index is -0.334. The van der Waals surface area contributed by atoms with Gasteiger partial charge in [0.05, 0.1) is 22.6 Å². The van der Waals surface area contributed by atoms with Gasteiger partial charge in [-0.05, 0) is 20.8 Å². The molecule has 8 heteroatoms. The number of aromatic nitrogens is 4. The molecule has 0 aromatic carbocycles. The fraction of sp³-hybridized carbons (Fsp3) is 0.588. The van der Waals surface area contributed by atoms with Crippen LogP contribution in [0.4, 0.5) is 0 Å². The Balaban J connectivity index is 1.57. The highest BCUT2D eigenvalue weighted by atomic mass is 35.5. The zero-order valence-corrected chi connectivity index (χ0v) is 16.0. The summed E-state index contributed by atoms with van der Waals surface area (Å²) in [5.74, 6) is 0.0973. The standard InChI is InChI=1S/C17H25ClN6O/c1-12-15(10-21(4)20-12)11-22-5-7-23(8-6-22)17(25)14(3)24-13(2)16(18)9-19-24/h9-10,14H,5-8,11H2,1-4H3. The van der Waals surface area contributed by atoms with Crippen LogP contribution in [0.15, 0.2) is 12.4 Å². The maximum Gasteiger partial charge on any atom is 0.247 e. The van der Waals surface area contributed by atoms with Crippen molar-refractivity contribution in [3.05, 3.63) is 34.4 Å². The van der Waals surface area contributed by atoms with Gasteiger partial charge in [0.1, 0.15) is 6.04 Å². The molecule has 7 nitrogen and oxygen atoms in total. The van der Waals surface area contributed by atoms with Crippen molar-refractivity contribution in [3.8, 4) is 0 Å². The Labute approximate surface area is 153 Å². The van der Waals surface area contributed by atoms with Crippen molar-refractivity contribution in [1.29, 1.82) is 0 Å². The molecule has 1 fully saturated rings. The molecule has 0 N–H and O–H groups in total. The molecule has 25 heavy (non-hydrogen) atoms. The third-order valence-electron chi connectivity index (χ3n) is 4.90. The van der Waals surface area contributed by atoms with Crippen LogP contribution in [0.25, 0.3) is 0 Å². The number of halogens is 1. The largest absolute Gasteiger partial charge is 0.338 e. The van der Waals surface area contributed by atoms with Crippen molar-refractivity contribution in [2.45, 2.75) is 33.4 Å². The molecule has 3 rings (SSSR count). The van der Waals surface area contributed by atoms with Gasteiger partial charge < -0.3 is 4.90 Å². The number of aryl methyl sites for hydroxylation is 2. The fourth-order valence-electron chi connectivity index (χ4n) is 3.33. The molecule has 136 valence electrons. The van der Waals surface area contributed by atoms with Crippen LogP contribution in [0, 0.1) is 13.8 Å². The fourth-order valence-corrected chi connectivity index (χ4v) is 3.46. The zero-order valence-electron chi connectivity index (χ0n) is 15.2. The molecule has 3 heterocycles. The smallest absolute Gasteiger partial charge is 0.247 e. The van der Waals surface area contributed by atoms with Crippen molar-refractivity contribution in [2.75, 3.05) is 26.2 Å². The minimum Gasteiger partial charge on any atom is -0.338 e. The van der Waals surface area contributed by atoms with Gasteiger partial charge >= 0.3 is 0 Å². The quantitative estimate of drug-likeness (QED) is 0.830. The van der Waals surface area contributed by atoms with Gasteiger partial charge in [-0.15, -0.1) is 0 Å². The first-order valence-corrected chi connectivity index (χ1v) is 8.94. The van der Waals surface area contributed by atoms with Crippen LogP contribution < -0.4 is 0 Å². The number of carbonyl (C=O) groups is 1. The molecule has 0 spiro atoms. The molecule has 1 atom stereocenters. The average molecular weight is 365 g/mol. The summed E-state index contributed by atoms with van der Waals surface area (Å²) in [5.41, 5.74) is 3.14. The molecule has 1 aliphatic heterocycles. The first-order valence-electron chi connectivity index (χ1n) is 8.56. The highest BCUT2D eigenvalue weighted by Gasteiger charge is 2.27. The van der Waals surface area contributed by atoms with Gasteiger partial charge in [0, 0.05) is 51.5 Å². The SMILES string of the molecule is Cc1nn(C)cc1CN1CCN(C(=O)C(C)n2ncc(Cl)c2C)CC1. The normalized spacial score (nSPS) is 17.1. The van der Waals surface area contributed by atoms with Gasteiger partial charge in [-0.25, -0.2) is 0 Å². The third-order valence-corrected chi connectivity index (χ3v) is 5.27. The first-order chi connectivity index (χ1) is 11.9. The lowest BCUT2D eigenvalue weighted by atomic mass is 10.2. The number of carbonyl (C=O) groups excluding carboxylic acids is 1. The molecule has 0 aliphatic carbocycles. The molecule has 1 amide bonds. The molecule has 0 radical (unpaired) electrons. The van der Waals surface area contributed by atoms with E-state index in [4.69, 9.17) is 11.6 Å². The summed E-state index contributed by atoms with van der Waals surface area (Å²) in [6, 6.07) is -0.334. The number of hydrogen-bond donors (Lipinski definition) is 0. The second-order valence-electron chi connectivity index (χ2n) is 6.71. The summed E-state index contributed by atoms with van der Waals surface area (Å²) >= 11 is 6.05. The average Bonchev–Trinajstić information content (AvgIpc) is 3.09. The van der Waals surface area contributed by atoms with Crippen LogP contribution in [-0.4, -0.2) is 61.4 Å². The lowest BCUT2D eigenvalue weighted by Gasteiger charge is -2.36. The lowest BCUT2D eigenvalue weighted by Crippen LogP contribution is -2.50. The maximum atomic E-state index is 12.8. The van der Waals surface area contributed by atoms with E-state index >= 15 is 0 Å². The molecular formula is C17H25ClN6O.